The van der Waals surface area contributed by atoms with Gasteiger partial charge in [-0.2, -0.15) is 4.31 Å². The van der Waals surface area contributed by atoms with Crippen LogP contribution in [0.4, 0.5) is 11.4 Å². The van der Waals surface area contributed by atoms with Crippen molar-refractivity contribution in [2.24, 2.45) is 0 Å². The minimum absolute atomic E-state index is 0.0890. The van der Waals surface area contributed by atoms with Gasteiger partial charge in [0.1, 0.15) is 5.70 Å². The molecule has 0 aromatic heterocycles. The van der Waals surface area contributed by atoms with E-state index < -0.39 is 15.9 Å². The molecule has 2 aromatic rings. The fraction of sp³-hybridized carbons (Fsp3) is 0.238. The molecule has 0 saturated heterocycles. The fourth-order valence-electron chi connectivity index (χ4n) is 3.06. The van der Waals surface area contributed by atoms with Crippen LogP contribution < -0.4 is 15.8 Å². The highest BCUT2D eigenvalue weighted by molar-refractivity contribution is 7.89. The van der Waals surface area contributed by atoms with Gasteiger partial charge in [-0.05, 0) is 42.5 Å². The zero-order chi connectivity index (χ0) is 21.7. The van der Waals surface area contributed by atoms with E-state index in [0.29, 0.717) is 24.5 Å². The van der Waals surface area contributed by atoms with Gasteiger partial charge in [0.2, 0.25) is 15.9 Å². The standard InChI is InChI=1S/C21H24N4O4S/c1-3-24(4-2)30(28,29)18-12-10-16(11-13-18)22-21(27)19-14-15-20(26)25(23-19)17-8-6-5-7-9-17/h5-14,23H,3-4,15H2,1-2H3,(H,22,27). The summed E-state index contributed by atoms with van der Waals surface area (Å²) in [6.45, 7) is 4.33. The van der Waals surface area contributed by atoms with Crippen LogP contribution >= 0.6 is 0 Å². The smallest absolute Gasteiger partial charge is 0.273 e. The molecule has 0 aliphatic carbocycles. The highest BCUT2D eigenvalue weighted by Crippen LogP contribution is 2.20. The van der Waals surface area contributed by atoms with E-state index in [2.05, 4.69) is 10.7 Å². The summed E-state index contributed by atoms with van der Waals surface area (Å²) in [5.41, 5.74) is 4.15. The number of para-hydroxylation sites is 1. The molecule has 2 N–H and O–H groups in total. The van der Waals surface area contributed by atoms with Crippen LogP contribution in [0.1, 0.15) is 20.3 Å². The predicted octanol–water partition coefficient (Wildman–Crippen LogP) is 2.48. The third-order valence-corrected chi connectivity index (χ3v) is 6.74. The lowest BCUT2D eigenvalue weighted by Crippen LogP contribution is -2.47. The molecule has 0 unspecified atom stereocenters. The van der Waals surface area contributed by atoms with Crippen LogP contribution in [0.3, 0.4) is 0 Å². The largest absolute Gasteiger partial charge is 0.321 e. The predicted molar refractivity (Wildman–Crippen MR) is 115 cm³/mol. The molecule has 9 heteroatoms. The Labute approximate surface area is 176 Å². The number of nitrogens with zero attached hydrogens (tertiary/aromatic N) is 2. The molecule has 1 aliphatic heterocycles. The van der Waals surface area contributed by atoms with Crippen molar-refractivity contribution in [1.82, 2.24) is 9.73 Å². The van der Waals surface area contributed by atoms with Crippen molar-refractivity contribution >= 4 is 33.2 Å². The van der Waals surface area contributed by atoms with Crippen molar-refractivity contribution in [3.05, 3.63) is 66.4 Å². The van der Waals surface area contributed by atoms with Crippen LogP contribution in [0.5, 0.6) is 0 Å². The third kappa shape index (κ3) is 4.52. The molecule has 0 spiro atoms. The number of sulfonamides is 1. The quantitative estimate of drug-likeness (QED) is 0.706. The summed E-state index contributed by atoms with van der Waals surface area (Å²) >= 11 is 0. The van der Waals surface area contributed by atoms with Gasteiger partial charge in [0, 0.05) is 25.2 Å². The first-order valence-corrected chi connectivity index (χ1v) is 11.1. The van der Waals surface area contributed by atoms with Crippen LogP contribution in [-0.4, -0.2) is 37.6 Å². The van der Waals surface area contributed by atoms with Gasteiger partial charge < -0.3 is 5.32 Å². The molecule has 2 amide bonds. The topological polar surface area (TPSA) is 98.8 Å². The number of hydrogen-bond acceptors (Lipinski definition) is 5. The maximum absolute atomic E-state index is 12.6. The number of nitrogens with one attached hydrogen (secondary N) is 2. The molecule has 0 atom stereocenters. The lowest BCUT2D eigenvalue weighted by molar-refractivity contribution is -0.119. The van der Waals surface area contributed by atoms with Gasteiger partial charge in [-0.1, -0.05) is 32.0 Å². The number of rotatable bonds is 7. The third-order valence-electron chi connectivity index (χ3n) is 4.68. The Morgan fingerprint density at radius 1 is 1.07 bits per heavy atom. The Hall–Kier alpha value is -3.17. The van der Waals surface area contributed by atoms with Gasteiger partial charge in [0.05, 0.1) is 10.6 Å². The monoisotopic (exact) mass is 428 g/mol. The van der Waals surface area contributed by atoms with Gasteiger partial charge in [-0.3, -0.25) is 15.0 Å². The number of benzene rings is 2. The van der Waals surface area contributed by atoms with Gasteiger partial charge >= 0.3 is 0 Å². The lowest BCUT2D eigenvalue weighted by Gasteiger charge is -2.28. The van der Waals surface area contributed by atoms with E-state index in [1.54, 1.807) is 38.1 Å². The van der Waals surface area contributed by atoms with Crippen molar-refractivity contribution in [2.45, 2.75) is 25.2 Å². The van der Waals surface area contributed by atoms with Crippen LogP contribution in [0.15, 0.2) is 71.3 Å². The molecular weight excluding hydrogens is 404 g/mol. The minimum atomic E-state index is -3.56. The molecule has 8 nitrogen and oxygen atoms in total. The molecule has 2 aromatic carbocycles. The second-order valence-electron chi connectivity index (χ2n) is 6.57. The summed E-state index contributed by atoms with van der Waals surface area (Å²) in [6, 6.07) is 15.0. The van der Waals surface area contributed by atoms with Gasteiger partial charge in [0.15, 0.2) is 0 Å². The highest BCUT2D eigenvalue weighted by atomic mass is 32.2. The number of carbonyl (C=O) groups is 2. The van der Waals surface area contributed by atoms with Gasteiger partial charge in [-0.25, -0.2) is 13.4 Å². The first kappa shape index (κ1) is 21.5. The molecule has 0 bridgehead atoms. The normalized spacial score (nSPS) is 14.3. The van der Waals surface area contributed by atoms with E-state index in [1.165, 1.54) is 39.7 Å². The first-order chi connectivity index (χ1) is 14.4. The van der Waals surface area contributed by atoms with Crippen LogP contribution in [0.25, 0.3) is 0 Å². The Morgan fingerprint density at radius 2 is 1.70 bits per heavy atom. The first-order valence-electron chi connectivity index (χ1n) is 9.63. The van der Waals surface area contributed by atoms with Crippen LogP contribution in [0, 0.1) is 0 Å². The molecule has 3 rings (SSSR count). The number of hydrazine groups is 1. The fourth-order valence-corrected chi connectivity index (χ4v) is 4.52. The Morgan fingerprint density at radius 3 is 2.30 bits per heavy atom. The van der Waals surface area contributed by atoms with E-state index >= 15 is 0 Å². The second-order valence-corrected chi connectivity index (χ2v) is 8.50. The summed E-state index contributed by atoms with van der Waals surface area (Å²) in [6.07, 6.45) is 1.61. The summed E-state index contributed by atoms with van der Waals surface area (Å²) in [7, 11) is -3.56. The highest BCUT2D eigenvalue weighted by Gasteiger charge is 2.25. The van der Waals surface area contributed by atoms with Gasteiger partial charge in [0.25, 0.3) is 5.91 Å². The summed E-state index contributed by atoms with van der Waals surface area (Å²) in [5, 5.41) is 4.05. The molecule has 158 valence electrons. The van der Waals surface area contributed by atoms with Crippen molar-refractivity contribution in [3.8, 4) is 0 Å². The number of carbonyl (C=O) groups excluding carboxylic acids is 2. The average Bonchev–Trinajstić information content (AvgIpc) is 2.75. The van der Waals surface area contributed by atoms with Crippen molar-refractivity contribution in [1.29, 1.82) is 0 Å². The van der Waals surface area contributed by atoms with Crippen LogP contribution in [0.2, 0.25) is 0 Å². The molecule has 30 heavy (non-hydrogen) atoms. The van der Waals surface area contributed by atoms with E-state index in [0.717, 1.165) is 0 Å². The Kier molecular flexibility index (Phi) is 6.53. The van der Waals surface area contributed by atoms with Gasteiger partial charge in [-0.15, -0.1) is 0 Å². The van der Waals surface area contributed by atoms with E-state index in [1.807, 2.05) is 6.07 Å². The van der Waals surface area contributed by atoms with Crippen molar-refractivity contribution in [3.63, 3.8) is 0 Å². The van der Waals surface area contributed by atoms with E-state index in [9.17, 15) is 18.0 Å². The molecule has 1 heterocycles. The molecule has 0 radical (unpaired) electrons. The maximum atomic E-state index is 12.6. The van der Waals surface area contributed by atoms with E-state index in [4.69, 9.17) is 0 Å². The number of hydrogen-bond donors (Lipinski definition) is 2. The van der Waals surface area contributed by atoms with Crippen molar-refractivity contribution in [2.75, 3.05) is 23.4 Å². The summed E-state index contributed by atoms with van der Waals surface area (Å²) in [4.78, 5) is 25.0. The lowest BCUT2D eigenvalue weighted by atomic mass is 10.2. The molecule has 0 saturated carbocycles. The SMILES string of the molecule is CCN(CC)S(=O)(=O)c1ccc(NC(=O)C2=CCC(=O)N(c3ccccc3)N2)cc1. The average molecular weight is 429 g/mol. The summed E-state index contributed by atoms with van der Waals surface area (Å²) in [5.74, 6) is -0.605. The Bertz CT molecular complexity index is 1050. The number of anilines is 2. The van der Waals surface area contributed by atoms with E-state index in [-0.39, 0.29) is 22.9 Å². The summed E-state index contributed by atoms with van der Waals surface area (Å²) < 4.78 is 26.5. The number of amides is 2. The minimum Gasteiger partial charge on any atom is -0.321 e. The van der Waals surface area contributed by atoms with Crippen LogP contribution in [-0.2, 0) is 19.6 Å². The molecular formula is C21H24N4O4S. The zero-order valence-corrected chi connectivity index (χ0v) is 17.6. The molecule has 0 fully saturated rings. The zero-order valence-electron chi connectivity index (χ0n) is 16.8. The Balaban J connectivity index is 1.71. The van der Waals surface area contributed by atoms with Crippen molar-refractivity contribution < 1.29 is 18.0 Å². The maximum Gasteiger partial charge on any atom is 0.273 e. The second kappa shape index (κ2) is 9.10. The molecule has 1 aliphatic rings.